The highest BCUT2D eigenvalue weighted by Crippen LogP contribution is 2.19. The first-order chi connectivity index (χ1) is 13.3. The van der Waals surface area contributed by atoms with Gasteiger partial charge in [-0.15, -0.1) is 0 Å². The second-order valence-electron chi connectivity index (χ2n) is 6.97. The van der Waals surface area contributed by atoms with Crippen LogP contribution in [0.3, 0.4) is 0 Å². The van der Waals surface area contributed by atoms with E-state index >= 15 is 0 Å². The predicted octanol–water partition coefficient (Wildman–Crippen LogP) is 0.463. The summed E-state index contributed by atoms with van der Waals surface area (Å²) in [5.41, 5.74) is 7.70. The lowest BCUT2D eigenvalue weighted by Crippen LogP contribution is -2.44. The zero-order chi connectivity index (χ0) is 20.7. The monoisotopic (exact) mass is 389 g/mol. The molecule has 0 unspecified atom stereocenters. The van der Waals surface area contributed by atoms with Crippen molar-refractivity contribution in [2.45, 2.75) is 31.4 Å². The summed E-state index contributed by atoms with van der Waals surface area (Å²) in [5, 5.41) is 14.4. The Bertz CT molecular complexity index is 745. The molecule has 1 heterocycles. The normalized spacial score (nSPS) is 16.9. The van der Waals surface area contributed by atoms with E-state index in [1.165, 1.54) is 7.11 Å². The molecule has 2 atom stereocenters. The summed E-state index contributed by atoms with van der Waals surface area (Å²) in [6, 6.07) is 6.81. The average molecular weight is 389 g/mol. The Morgan fingerprint density at radius 1 is 1.39 bits per heavy atom. The SMILES string of the molecule is COC(=O)C[C@@H](CN(C)C)NC(=O)C[C@@H]1CC(c2ccc(C(=N)N)cc2)=NO1. The van der Waals surface area contributed by atoms with E-state index in [0.29, 0.717) is 18.5 Å². The number of methoxy groups -OCH3 is 1. The molecular formula is C19H27N5O4. The zero-order valence-electron chi connectivity index (χ0n) is 16.4. The van der Waals surface area contributed by atoms with E-state index in [9.17, 15) is 9.59 Å². The highest BCUT2D eigenvalue weighted by atomic mass is 16.6. The Balaban J connectivity index is 1.87. The van der Waals surface area contributed by atoms with Crippen molar-refractivity contribution in [2.75, 3.05) is 27.7 Å². The summed E-state index contributed by atoms with van der Waals surface area (Å²) in [5.74, 6) is -0.571. The van der Waals surface area contributed by atoms with E-state index in [1.54, 1.807) is 12.1 Å². The number of hydrogen-bond acceptors (Lipinski definition) is 7. The first kappa shape index (κ1) is 21.4. The van der Waals surface area contributed by atoms with E-state index in [1.807, 2.05) is 31.1 Å². The minimum absolute atomic E-state index is 0.00458. The average Bonchev–Trinajstić information content (AvgIpc) is 3.09. The van der Waals surface area contributed by atoms with Gasteiger partial charge in [0.05, 0.1) is 31.7 Å². The molecule has 0 aliphatic carbocycles. The van der Waals surface area contributed by atoms with E-state index in [4.69, 9.17) is 20.7 Å². The molecule has 0 bridgehead atoms. The smallest absolute Gasteiger partial charge is 0.307 e. The molecule has 1 amide bonds. The highest BCUT2D eigenvalue weighted by molar-refractivity contribution is 6.02. The van der Waals surface area contributed by atoms with Gasteiger partial charge in [0.2, 0.25) is 5.91 Å². The summed E-state index contributed by atoms with van der Waals surface area (Å²) in [7, 11) is 5.06. The van der Waals surface area contributed by atoms with Crippen molar-refractivity contribution in [3.8, 4) is 0 Å². The van der Waals surface area contributed by atoms with Crippen LogP contribution in [0.2, 0.25) is 0 Å². The minimum atomic E-state index is -0.371. The van der Waals surface area contributed by atoms with E-state index in [0.717, 1.165) is 11.3 Å². The fourth-order valence-corrected chi connectivity index (χ4v) is 2.93. The quantitative estimate of drug-likeness (QED) is 0.320. The molecule has 28 heavy (non-hydrogen) atoms. The number of carbonyl (C=O) groups is 2. The highest BCUT2D eigenvalue weighted by Gasteiger charge is 2.26. The van der Waals surface area contributed by atoms with Crippen molar-refractivity contribution < 1.29 is 19.2 Å². The third-order valence-corrected chi connectivity index (χ3v) is 4.27. The lowest BCUT2D eigenvalue weighted by molar-refractivity contribution is -0.141. The van der Waals surface area contributed by atoms with Crippen LogP contribution in [0.4, 0.5) is 0 Å². The molecule has 9 heteroatoms. The molecule has 0 spiro atoms. The molecule has 1 aliphatic heterocycles. The molecule has 0 saturated carbocycles. The molecule has 0 fully saturated rings. The second-order valence-corrected chi connectivity index (χ2v) is 6.97. The topological polar surface area (TPSA) is 130 Å². The van der Waals surface area contributed by atoms with Crippen LogP contribution in [0.25, 0.3) is 0 Å². The maximum absolute atomic E-state index is 12.4. The standard InChI is InChI=1S/C19H27N5O4/c1-24(2)11-14(8-18(26)27-3)22-17(25)10-15-9-16(23-28-15)12-4-6-13(7-5-12)19(20)21/h4-7,14-15H,8-11H2,1-3H3,(H3,20,21)(H,22,25)/t14-,15-/m0/s1. The van der Waals surface area contributed by atoms with Crippen LogP contribution in [-0.2, 0) is 19.2 Å². The first-order valence-corrected chi connectivity index (χ1v) is 8.97. The Kier molecular flexibility index (Phi) is 7.51. The van der Waals surface area contributed by atoms with Gasteiger partial charge in [0.1, 0.15) is 11.9 Å². The van der Waals surface area contributed by atoms with Crippen molar-refractivity contribution in [3.63, 3.8) is 0 Å². The molecule has 2 rings (SSSR count). The largest absolute Gasteiger partial charge is 0.469 e. The number of amidine groups is 1. The number of esters is 1. The number of oxime groups is 1. The van der Waals surface area contributed by atoms with Gasteiger partial charge in [0, 0.05) is 18.5 Å². The Morgan fingerprint density at radius 2 is 2.07 bits per heavy atom. The Morgan fingerprint density at radius 3 is 2.64 bits per heavy atom. The summed E-state index contributed by atoms with van der Waals surface area (Å²) >= 11 is 0. The number of benzene rings is 1. The maximum Gasteiger partial charge on any atom is 0.307 e. The zero-order valence-corrected chi connectivity index (χ0v) is 16.4. The van der Waals surface area contributed by atoms with Crippen molar-refractivity contribution in [1.29, 1.82) is 5.41 Å². The summed E-state index contributed by atoms with van der Waals surface area (Å²) in [6.07, 6.45) is 0.391. The van der Waals surface area contributed by atoms with Crippen molar-refractivity contribution in [1.82, 2.24) is 10.2 Å². The number of likely N-dealkylation sites (N-methyl/N-ethyl adjacent to an activating group) is 1. The van der Waals surface area contributed by atoms with Gasteiger partial charge in [-0.1, -0.05) is 29.4 Å². The molecule has 9 nitrogen and oxygen atoms in total. The summed E-state index contributed by atoms with van der Waals surface area (Å²) in [4.78, 5) is 31.2. The van der Waals surface area contributed by atoms with Crippen LogP contribution in [0.1, 0.15) is 30.4 Å². The number of ether oxygens (including phenoxy) is 1. The van der Waals surface area contributed by atoms with Crippen molar-refractivity contribution in [2.24, 2.45) is 10.9 Å². The van der Waals surface area contributed by atoms with Gasteiger partial charge < -0.3 is 25.5 Å². The third kappa shape index (κ3) is 6.34. The number of nitrogens with two attached hydrogens (primary N) is 1. The van der Waals surface area contributed by atoms with E-state index in [2.05, 4.69) is 10.5 Å². The van der Waals surface area contributed by atoms with Crippen LogP contribution in [-0.4, -0.2) is 68.2 Å². The van der Waals surface area contributed by atoms with E-state index < -0.39 is 0 Å². The number of amides is 1. The van der Waals surface area contributed by atoms with Gasteiger partial charge in [-0.3, -0.25) is 15.0 Å². The lowest BCUT2D eigenvalue weighted by Gasteiger charge is -2.22. The van der Waals surface area contributed by atoms with Crippen LogP contribution in [0.15, 0.2) is 29.4 Å². The lowest BCUT2D eigenvalue weighted by atomic mass is 10.0. The van der Waals surface area contributed by atoms with Crippen LogP contribution < -0.4 is 11.1 Å². The van der Waals surface area contributed by atoms with Crippen LogP contribution in [0.5, 0.6) is 0 Å². The van der Waals surface area contributed by atoms with Gasteiger partial charge in [-0.25, -0.2) is 0 Å². The number of nitrogen functional groups attached to an aromatic ring is 1. The maximum atomic E-state index is 12.4. The first-order valence-electron chi connectivity index (χ1n) is 8.97. The molecule has 152 valence electrons. The fourth-order valence-electron chi connectivity index (χ4n) is 2.93. The molecular weight excluding hydrogens is 362 g/mol. The van der Waals surface area contributed by atoms with Crippen molar-refractivity contribution >= 4 is 23.4 Å². The van der Waals surface area contributed by atoms with Gasteiger partial charge in [0.15, 0.2) is 0 Å². The number of carbonyl (C=O) groups excluding carboxylic acids is 2. The van der Waals surface area contributed by atoms with Gasteiger partial charge in [-0.2, -0.15) is 0 Å². The Labute approximate surface area is 164 Å². The van der Waals surface area contributed by atoms with Crippen LogP contribution in [0, 0.1) is 5.41 Å². The Hall–Kier alpha value is -2.94. The van der Waals surface area contributed by atoms with Gasteiger partial charge >= 0.3 is 5.97 Å². The number of nitrogens with zero attached hydrogens (tertiary/aromatic N) is 2. The number of hydrogen-bond donors (Lipinski definition) is 3. The summed E-state index contributed by atoms with van der Waals surface area (Å²) in [6.45, 7) is 0.524. The third-order valence-electron chi connectivity index (χ3n) is 4.27. The molecule has 0 aromatic heterocycles. The molecule has 0 saturated heterocycles. The van der Waals surface area contributed by atoms with Crippen LogP contribution >= 0.6 is 0 Å². The fraction of sp³-hybridized carbons (Fsp3) is 0.474. The molecule has 0 radical (unpaired) electrons. The molecule has 1 aromatic carbocycles. The second kappa shape index (κ2) is 9.84. The van der Waals surface area contributed by atoms with Gasteiger partial charge in [-0.05, 0) is 19.7 Å². The van der Waals surface area contributed by atoms with E-state index in [-0.39, 0.29) is 42.7 Å². The number of rotatable bonds is 9. The molecule has 1 aliphatic rings. The molecule has 4 N–H and O–H groups in total. The predicted molar refractivity (Wildman–Crippen MR) is 105 cm³/mol. The number of nitrogens with one attached hydrogen (secondary N) is 2. The summed E-state index contributed by atoms with van der Waals surface area (Å²) < 4.78 is 4.69. The van der Waals surface area contributed by atoms with Crippen molar-refractivity contribution in [3.05, 3.63) is 35.4 Å². The minimum Gasteiger partial charge on any atom is -0.469 e. The molecule has 1 aromatic rings. The van der Waals surface area contributed by atoms with Gasteiger partial charge in [0.25, 0.3) is 0 Å².